The third kappa shape index (κ3) is 5.50. The summed E-state index contributed by atoms with van der Waals surface area (Å²) >= 11 is 0. The number of hydrogen-bond donors (Lipinski definition) is 2. The first kappa shape index (κ1) is 15.1. The Morgan fingerprint density at radius 2 is 2.05 bits per heavy atom. The van der Waals surface area contributed by atoms with E-state index in [-0.39, 0.29) is 24.8 Å². The Hall–Kier alpha value is -1.91. The van der Waals surface area contributed by atoms with Gasteiger partial charge in [0, 0.05) is 12.6 Å². The van der Waals surface area contributed by atoms with E-state index in [1.807, 2.05) is 25.1 Å². The van der Waals surface area contributed by atoms with Gasteiger partial charge in [-0.05, 0) is 24.5 Å². The summed E-state index contributed by atoms with van der Waals surface area (Å²) in [4.78, 5) is 26.8. The first-order chi connectivity index (χ1) is 8.80. The molecule has 0 radical (unpaired) electrons. The first-order valence-corrected chi connectivity index (χ1v) is 6.22. The summed E-state index contributed by atoms with van der Waals surface area (Å²) in [7, 11) is 0. The van der Waals surface area contributed by atoms with Gasteiger partial charge in [0.15, 0.2) is 0 Å². The van der Waals surface area contributed by atoms with Crippen LogP contribution in [0.15, 0.2) is 24.4 Å². The van der Waals surface area contributed by atoms with Crippen molar-refractivity contribution in [1.82, 2.24) is 10.3 Å². The van der Waals surface area contributed by atoms with Gasteiger partial charge in [-0.1, -0.05) is 19.9 Å². The van der Waals surface area contributed by atoms with Crippen LogP contribution in [0, 0.1) is 5.41 Å². The van der Waals surface area contributed by atoms with Crippen LogP contribution in [-0.2, 0) is 9.59 Å². The Kier molecular flexibility index (Phi) is 5.03. The Bertz CT molecular complexity index is 443. The largest absolute Gasteiger partial charge is 0.481 e. The fourth-order valence-corrected chi connectivity index (χ4v) is 1.91. The molecule has 1 aromatic heterocycles. The maximum absolute atomic E-state index is 11.9. The van der Waals surface area contributed by atoms with Gasteiger partial charge < -0.3 is 10.4 Å². The van der Waals surface area contributed by atoms with Crippen LogP contribution in [0.3, 0.4) is 0 Å². The fraction of sp³-hybridized carbons (Fsp3) is 0.500. The molecule has 0 bridgehead atoms. The normalized spacial score (nSPS) is 12.8. The van der Waals surface area contributed by atoms with Crippen molar-refractivity contribution in [2.45, 2.75) is 39.7 Å². The van der Waals surface area contributed by atoms with Crippen molar-refractivity contribution in [2.24, 2.45) is 5.41 Å². The van der Waals surface area contributed by atoms with E-state index in [9.17, 15) is 9.59 Å². The molecule has 0 unspecified atom stereocenters. The van der Waals surface area contributed by atoms with Crippen LogP contribution in [0.25, 0.3) is 0 Å². The van der Waals surface area contributed by atoms with Crippen LogP contribution in [0.5, 0.6) is 0 Å². The van der Waals surface area contributed by atoms with Crippen LogP contribution in [0.4, 0.5) is 0 Å². The molecule has 5 heteroatoms. The third-order valence-corrected chi connectivity index (χ3v) is 2.78. The van der Waals surface area contributed by atoms with E-state index in [1.165, 1.54) is 0 Å². The van der Waals surface area contributed by atoms with Crippen LogP contribution < -0.4 is 5.32 Å². The lowest BCUT2D eigenvalue weighted by atomic mass is 9.85. The molecular weight excluding hydrogens is 244 g/mol. The second-order valence-electron chi connectivity index (χ2n) is 5.46. The Morgan fingerprint density at radius 1 is 1.37 bits per heavy atom. The molecule has 0 aliphatic rings. The number of carboxylic acids is 1. The molecule has 0 aromatic carbocycles. The zero-order chi connectivity index (χ0) is 14.5. The zero-order valence-corrected chi connectivity index (χ0v) is 11.5. The predicted octanol–water partition coefficient (Wildman–Crippen LogP) is 2.15. The smallest absolute Gasteiger partial charge is 0.303 e. The average molecular weight is 264 g/mol. The number of carboxylic acid groups (broad SMARTS) is 1. The van der Waals surface area contributed by atoms with Crippen molar-refractivity contribution < 1.29 is 14.7 Å². The molecule has 1 amide bonds. The third-order valence-electron chi connectivity index (χ3n) is 2.78. The molecule has 0 spiro atoms. The highest BCUT2D eigenvalue weighted by molar-refractivity contribution is 5.78. The van der Waals surface area contributed by atoms with Crippen molar-refractivity contribution in [1.29, 1.82) is 0 Å². The molecule has 1 atom stereocenters. The number of nitrogens with zero attached hydrogens (tertiary/aromatic N) is 1. The second kappa shape index (κ2) is 6.31. The first-order valence-electron chi connectivity index (χ1n) is 6.22. The average Bonchev–Trinajstić information content (AvgIpc) is 2.27. The molecule has 19 heavy (non-hydrogen) atoms. The van der Waals surface area contributed by atoms with Gasteiger partial charge in [0.05, 0.1) is 18.2 Å². The highest BCUT2D eigenvalue weighted by Crippen LogP contribution is 2.25. The number of amides is 1. The van der Waals surface area contributed by atoms with Crippen LogP contribution in [0.1, 0.15) is 45.3 Å². The topological polar surface area (TPSA) is 79.3 Å². The molecular formula is C14H20N2O3. The summed E-state index contributed by atoms with van der Waals surface area (Å²) in [5, 5.41) is 11.6. The number of aliphatic carboxylic acids is 1. The van der Waals surface area contributed by atoms with E-state index in [2.05, 4.69) is 10.3 Å². The molecule has 0 aliphatic carbocycles. The van der Waals surface area contributed by atoms with E-state index in [0.29, 0.717) is 0 Å². The molecule has 0 fully saturated rings. The van der Waals surface area contributed by atoms with E-state index < -0.39 is 11.4 Å². The minimum absolute atomic E-state index is 0.0294. The highest BCUT2D eigenvalue weighted by Gasteiger charge is 2.25. The number of carbonyl (C=O) groups is 2. The van der Waals surface area contributed by atoms with Crippen molar-refractivity contribution in [2.75, 3.05) is 0 Å². The predicted molar refractivity (Wildman–Crippen MR) is 71.4 cm³/mol. The number of nitrogens with one attached hydrogen (secondary N) is 1. The number of hydrogen-bond acceptors (Lipinski definition) is 3. The molecule has 1 heterocycles. The quantitative estimate of drug-likeness (QED) is 0.825. The fourth-order valence-electron chi connectivity index (χ4n) is 1.91. The maximum Gasteiger partial charge on any atom is 0.303 e. The Balaban J connectivity index is 2.54. The molecule has 5 nitrogen and oxygen atoms in total. The summed E-state index contributed by atoms with van der Waals surface area (Å²) < 4.78 is 0. The van der Waals surface area contributed by atoms with E-state index in [0.717, 1.165) is 5.69 Å². The van der Waals surface area contributed by atoms with Gasteiger partial charge in [0.1, 0.15) is 0 Å². The van der Waals surface area contributed by atoms with Crippen molar-refractivity contribution >= 4 is 11.9 Å². The second-order valence-corrected chi connectivity index (χ2v) is 5.46. The summed E-state index contributed by atoms with van der Waals surface area (Å²) in [6, 6.07) is 5.33. The van der Waals surface area contributed by atoms with Crippen LogP contribution in [-0.4, -0.2) is 22.0 Å². The van der Waals surface area contributed by atoms with Crippen molar-refractivity contribution in [3.05, 3.63) is 30.1 Å². The SMILES string of the molecule is C[C@@H](NC(=O)CC(C)(C)CC(=O)O)c1ccccn1. The minimum atomic E-state index is -0.893. The summed E-state index contributed by atoms with van der Waals surface area (Å²) in [6.45, 7) is 5.39. The number of aromatic nitrogens is 1. The summed E-state index contributed by atoms with van der Waals surface area (Å²) in [5.41, 5.74) is 0.228. The molecule has 0 saturated carbocycles. The molecule has 0 aliphatic heterocycles. The van der Waals surface area contributed by atoms with Gasteiger partial charge in [-0.2, -0.15) is 0 Å². The zero-order valence-electron chi connectivity index (χ0n) is 11.5. The standard InChI is InChI=1S/C14H20N2O3/c1-10(11-6-4-5-7-15-11)16-12(17)8-14(2,3)9-13(18)19/h4-7,10H,8-9H2,1-3H3,(H,16,17)(H,18,19)/t10-/m1/s1. The van der Waals surface area contributed by atoms with Crippen LogP contribution in [0.2, 0.25) is 0 Å². The molecule has 1 rings (SSSR count). The van der Waals surface area contributed by atoms with E-state index in [1.54, 1.807) is 20.0 Å². The Labute approximate surface area is 113 Å². The lowest BCUT2D eigenvalue weighted by Gasteiger charge is -2.23. The minimum Gasteiger partial charge on any atom is -0.481 e. The Morgan fingerprint density at radius 3 is 2.58 bits per heavy atom. The van der Waals surface area contributed by atoms with Gasteiger partial charge in [-0.25, -0.2) is 0 Å². The monoisotopic (exact) mass is 264 g/mol. The maximum atomic E-state index is 11.9. The molecule has 0 saturated heterocycles. The summed E-state index contributed by atoms with van der Waals surface area (Å²) in [6.07, 6.45) is 1.82. The van der Waals surface area contributed by atoms with Crippen molar-refractivity contribution in [3.8, 4) is 0 Å². The van der Waals surface area contributed by atoms with Crippen LogP contribution >= 0.6 is 0 Å². The van der Waals surface area contributed by atoms with Gasteiger partial charge in [-0.15, -0.1) is 0 Å². The molecule has 1 aromatic rings. The summed E-state index contributed by atoms with van der Waals surface area (Å²) in [5.74, 6) is -1.06. The lowest BCUT2D eigenvalue weighted by molar-refractivity contribution is -0.139. The lowest BCUT2D eigenvalue weighted by Crippen LogP contribution is -2.32. The number of pyridine rings is 1. The number of rotatable bonds is 6. The van der Waals surface area contributed by atoms with E-state index >= 15 is 0 Å². The van der Waals surface area contributed by atoms with E-state index in [4.69, 9.17) is 5.11 Å². The van der Waals surface area contributed by atoms with Gasteiger partial charge in [-0.3, -0.25) is 14.6 Å². The number of carbonyl (C=O) groups excluding carboxylic acids is 1. The highest BCUT2D eigenvalue weighted by atomic mass is 16.4. The van der Waals surface area contributed by atoms with Gasteiger partial charge in [0.25, 0.3) is 0 Å². The molecule has 104 valence electrons. The van der Waals surface area contributed by atoms with Crippen molar-refractivity contribution in [3.63, 3.8) is 0 Å². The van der Waals surface area contributed by atoms with Gasteiger partial charge >= 0.3 is 5.97 Å². The van der Waals surface area contributed by atoms with Gasteiger partial charge in [0.2, 0.25) is 5.91 Å². The molecule has 2 N–H and O–H groups in total.